The number of thioether (sulfide) groups is 1. The molecule has 1 aromatic heterocycles. The molecule has 0 radical (unpaired) electrons. The molecule has 152 valence electrons. The second kappa shape index (κ2) is 7.91. The molecule has 29 heavy (non-hydrogen) atoms. The summed E-state index contributed by atoms with van der Waals surface area (Å²) in [6, 6.07) is 5.09. The number of amidine groups is 1. The third-order valence-electron chi connectivity index (χ3n) is 5.51. The van der Waals surface area contributed by atoms with Crippen molar-refractivity contribution >= 4 is 40.1 Å². The van der Waals surface area contributed by atoms with Gasteiger partial charge in [0.2, 0.25) is 0 Å². The number of carbonyl (C=O) groups excluding carboxylic acids is 1. The Morgan fingerprint density at radius 3 is 2.86 bits per heavy atom. The summed E-state index contributed by atoms with van der Waals surface area (Å²) in [5.41, 5.74) is 5.38. The van der Waals surface area contributed by atoms with Gasteiger partial charge >= 0.3 is 0 Å². The number of hydrogen-bond donors (Lipinski definition) is 2. The number of fused-ring (bicyclic) bond motifs is 1. The van der Waals surface area contributed by atoms with Crippen LogP contribution >= 0.6 is 23.4 Å². The topological polar surface area (TPSA) is 80.4 Å². The molecule has 2 unspecified atom stereocenters. The van der Waals surface area contributed by atoms with Gasteiger partial charge in [0.1, 0.15) is 17.3 Å². The van der Waals surface area contributed by atoms with Crippen molar-refractivity contribution in [2.75, 3.05) is 11.1 Å². The van der Waals surface area contributed by atoms with Crippen molar-refractivity contribution in [2.45, 2.75) is 31.2 Å². The van der Waals surface area contributed by atoms with Crippen LogP contribution in [-0.2, 0) is 5.54 Å². The molecule has 1 amide bonds. The zero-order valence-corrected chi connectivity index (χ0v) is 17.0. The summed E-state index contributed by atoms with van der Waals surface area (Å²) < 4.78 is 29.4. The number of nitrogens with one attached hydrogen (secondary N) is 1. The third kappa shape index (κ3) is 3.83. The average Bonchev–Trinajstić information content (AvgIpc) is 2.70. The van der Waals surface area contributed by atoms with Gasteiger partial charge in [-0.3, -0.25) is 9.79 Å². The number of amides is 1. The third-order valence-corrected chi connectivity index (χ3v) is 6.69. The fourth-order valence-electron chi connectivity index (χ4n) is 4.10. The van der Waals surface area contributed by atoms with Crippen LogP contribution in [0, 0.1) is 17.6 Å². The second-order valence-electron chi connectivity index (χ2n) is 7.26. The van der Waals surface area contributed by atoms with E-state index in [1.807, 2.05) is 0 Å². The molecule has 2 aliphatic rings. The minimum absolute atomic E-state index is 0.0738. The van der Waals surface area contributed by atoms with E-state index in [4.69, 9.17) is 17.3 Å². The zero-order chi connectivity index (χ0) is 20.6. The molecule has 2 heterocycles. The molecule has 5 nitrogen and oxygen atoms in total. The molecule has 3 N–H and O–H groups in total. The van der Waals surface area contributed by atoms with E-state index in [0.717, 1.165) is 31.1 Å². The summed E-state index contributed by atoms with van der Waals surface area (Å²) in [6.07, 6.45) is 4.78. The lowest BCUT2D eigenvalue weighted by Gasteiger charge is -2.44. The highest BCUT2D eigenvalue weighted by atomic mass is 35.5. The first-order chi connectivity index (χ1) is 13.9. The quantitative estimate of drug-likeness (QED) is 0.730. The van der Waals surface area contributed by atoms with Gasteiger partial charge in [0.25, 0.3) is 5.91 Å². The van der Waals surface area contributed by atoms with E-state index in [0.29, 0.717) is 16.6 Å². The van der Waals surface area contributed by atoms with E-state index in [-0.39, 0.29) is 22.9 Å². The number of anilines is 1. The van der Waals surface area contributed by atoms with Crippen LogP contribution in [0.2, 0.25) is 5.02 Å². The number of pyridine rings is 1. The number of benzene rings is 1. The van der Waals surface area contributed by atoms with Crippen LogP contribution in [-0.4, -0.2) is 21.8 Å². The molecule has 0 bridgehead atoms. The molecule has 1 saturated carbocycles. The van der Waals surface area contributed by atoms with E-state index in [1.165, 1.54) is 36.2 Å². The maximum atomic E-state index is 14.9. The Kier molecular flexibility index (Phi) is 5.48. The standard InChI is InChI=1S/C20H19ClF2N4OS/c21-12-4-5-16(25-9-12)18(28)26-17-7-13(14(22)8-15(17)23)20-6-2-1-3-11(20)10-29-19(24)27-20/h4-5,7-9,11H,1-3,6,10H2,(H2,24,27)(H,26,28). The molecule has 4 rings (SSSR count). The first kappa shape index (κ1) is 20.1. The van der Waals surface area contributed by atoms with Gasteiger partial charge in [-0.1, -0.05) is 36.2 Å². The lowest BCUT2D eigenvalue weighted by Crippen LogP contribution is -2.43. The van der Waals surface area contributed by atoms with E-state index >= 15 is 0 Å². The van der Waals surface area contributed by atoms with Gasteiger partial charge < -0.3 is 11.1 Å². The first-order valence-electron chi connectivity index (χ1n) is 9.29. The summed E-state index contributed by atoms with van der Waals surface area (Å²) in [5.74, 6) is -1.31. The lowest BCUT2D eigenvalue weighted by molar-refractivity contribution is 0.102. The van der Waals surface area contributed by atoms with Crippen LogP contribution in [0.3, 0.4) is 0 Å². The predicted octanol–water partition coefficient (Wildman–Crippen LogP) is 4.71. The highest BCUT2D eigenvalue weighted by molar-refractivity contribution is 8.13. The fraction of sp³-hybridized carbons (Fsp3) is 0.350. The van der Waals surface area contributed by atoms with Crippen molar-refractivity contribution in [1.82, 2.24) is 4.98 Å². The number of nitrogens with zero attached hydrogens (tertiary/aromatic N) is 2. The minimum Gasteiger partial charge on any atom is -0.379 e. The summed E-state index contributed by atoms with van der Waals surface area (Å²) in [7, 11) is 0. The molecular formula is C20H19ClF2N4OS. The van der Waals surface area contributed by atoms with E-state index < -0.39 is 23.1 Å². The van der Waals surface area contributed by atoms with Crippen molar-refractivity contribution in [3.8, 4) is 0 Å². The number of aliphatic imine (C=N–C) groups is 1. The smallest absolute Gasteiger partial charge is 0.274 e. The maximum absolute atomic E-state index is 14.9. The summed E-state index contributed by atoms with van der Waals surface area (Å²) in [5, 5.41) is 3.27. The van der Waals surface area contributed by atoms with Crippen LogP contribution in [0.5, 0.6) is 0 Å². The van der Waals surface area contributed by atoms with Gasteiger partial charge in [-0.25, -0.2) is 13.8 Å². The fourth-order valence-corrected chi connectivity index (χ4v) is 5.25. The number of hydrogen-bond acceptors (Lipinski definition) is 5. The van der Waals surface area contributed by atoms with Gasteiger partial charge in [0, 0.05) is 23.6 Å². The molecule has 9 heteroatoms. The van der Waals surface area contributed by atoms with E-state index in [1.54, 1.807) is 0 Å². The van der Waals surface area contributed by atoms with Crippen LogP contribution in [0.15, 0.2) is 35.5 Å². The number of nitrogens with two attached hydrogens (primary N) is 1. The van der Waals surface area contributed by atoms with Crippen LogP contribution in [0.25, 0.3) is 0 Å². The molecule has 2 atom stereocenters. The predicted molar refractivity (Wildman–Crippen MR) is 111 cm³/mol. The van der Waals surface area contributed by atoms with Crippen molar-refractivity contribution in [1.29, 1.82) is 0 Å². The highest BCUT2D eigenvalue weighted by Crippen LogP contribution is 2.50. The van der Waals surface area contributed by atoms with E-state index in [2.05, 4.69) is 15.3 Å². The number of carbonyl (C=O) groups is 1. The van der Waals surface area contributed by atoms with Gasteiger partial charge in [0.15, 0.2) is 5.17 Å². The van der Waals surface area contributed by atoms with Crippen molar-refractivity contribution in [2.24, 2.45) is 16.6 Å². The molecular weight excluding hydrogens is 418 g/mol. The van der Waals surface area contributed by atoms with Crippen molar-refractivity contribution in [3.63, 3.8) is 0 Å². The Morgan fingerprint density at radius 1 is 1.28 bits per heavy atom. The molecule has 2 aromatic rings. The summed E-state index contributed by atoms with van der Waals surface area (Å²) in [4.78, 5) is 21.0. The lowest BCUT2D eigenvalue weighted by atomic mass is 9.69. The summed E-state index contributed by atoms with van der Waals surface area (Å²) >= 11 is 7.24. The number of halogens is 3. The van der Waals surface area contributed by atoms with Crippen LogP contribution in [0.1, 0.15) is 41.7 Å². The molecule has 1 aromatic carbocycles. The summed E-state index contributed by atoms with van der Waals surface area (Å²) in [6.45, 7) is 0. The van der Waals surface area contributed by atoms with E-state index in [9.17, 15) is 13.6 Å². The molecule has 0 saturated heterocycles. The Balaban J connectivity index is 1.73. The van der Waals surface area contributed by atoms with Crippen molar-refractivity contribution in [3.05, 3.63) is 58.4 Å². The Bertz CT molecular complexity index is 985. The van der Waals surface area contributed by atoms with Gasteiger partial charge in [-0.15, -0.1) is 0 Å². The Hall–Kier alpha value is -2.19. The minimum atomic E-state index is -0.862. The maximum Gasteiger partial charge on any atom is 0.274 e. The largest absolute Gasteiger partial charge is 0.379 e. The number of aromatic nitrogens is 1. The molecule has 1 aliphatic carbocycles. The molecule has 1 fully saturated rings. The van der Waals surface area contributed by atoms with Crippen molar-refractivity contribution < 1.29 is 13.6 Å². The Morgan fingerprint density at radius 2 is 2.10 bits per heavy atom. The number of rotatable bonds is 3. The SMILES string of the molecule is NC1=NC2(c3cc(NC(=O)c4ccc(Cl)cn4)c(F)cc3F)CCCCC2CS1. The molecule has 1 aliphatic heterocycles. The van der Waals surface area contributed by atoms with Crippen LogP contribution < -0.4 is 11.1 Å². The zero-order valence-electron chi connectivity index (χ0n) is 15.4. The van der Waals surface area contributed by atoms with Gasteiger partial charge in [-0.05, 0) is 37.0 Å². The Labute approximate surface area is 176 Å². The van der Waals surface area contributed by atoms with Crippen LogP contribution in [0.4, 0.5) is 14.5 Å². The first-order valence-corrected chi connectivity index (χ1v) is 10.7. The van der Waals surface area contributed by atoms with Gasteiger partial charge in [-0.2, -0.15) is 0 Å². The second-order valence-corrected chi connectivity index (χ2v) is 8.73. The monoisotopic (exact) mass is 436 g/mol. The average molecular weight is 437 g/mol. The normalized spacial score (nSPS) is 23.8. The van der Waals surface area contributed by atoms with Gasteiger partial charge in [0.05, 0.1) is 16.2 Å². The molecule has 0 spiro atoms. The highest BCUT2D eigenvalue weighted by Gasteiger charge is 2.46.